The Labute approximate surface area is 161 Å². The standard InChI is InChI=1S/C18H17Cl3N2O2/c1-18(2,3)23(17(25)11-8-9-14(20)15(21)10-11)22-16(24)12-6-4-5-7-13(12)19/h4-10H,1-3H3,(H,22,24). The SMILES string of the molecule is CC(C)(C)N(NC(=O)c1ccccc1Cl)C(=O)c1ccc(Cl)c(Cl)c1. The summed E-state index contributed by atoms with van der Waals surface area (Å²) in [6, 6.07) is 11.2. The maximum Gasteiger partial charge on any atom is 0.272 e. The lowest BCUT2D eigenvalue weighted by Crippen LogP contribution is -2.55. The molecule has 4 nitrogen and oxygen atoms in total. The fraction of sp³-hybridized carbons (Fsp3) is 0.222. The van der Waals surface area contributed by atoms with Crippen LogP contribution in [0.3, 0.4) is 0 Å². The summed E-state index contributed by atoms with van der Waals surface area (Å²) in [5.41, 5.74) is 2.54. The molecule has 0 bridgehead atoms. The summed E-state index contributed by atoms with van der Waals surface area (Å²) in [6.45, 7) is 5.40. The molecule has 0 spiro atoms. The number of hydrogen-bond donors (Lipinski definition) is 1. The zero-order valence-electron chi connectivity index (χ0n) is 13.9. The van der Waals surface area contributed by atoms with Crippen LogP contribution >= 0.6 is 34.8 Å². The maximum absolute atomic E-state index is 12.9. The van der Waals surface area contributed by atoms with Crippen molar-refractivity contribution in [2.75, 3.05) is 0 Å². The van der Waals surface area contributed by atoms with Gasteiger partial charge in [-0.1, -0.05) is 46.9 Å². The molecule has 132 valence electrons. The molecule has 0 radical (unpaired) electrons. The van der Waals surface area contributed by atoms with E-state index in [9.17, 15) is 9.59 Å². The highest BCUT2D eigenvalue weighted by molar-refractivity contribution is 6.42. The predicted octanol–water partition coefficient (Wildman–Crippen LogP) is 5.23. The van der Waals surface area contributed by atoms with Crippen molar-refractivity contribution in [3.63, 3.8) is 0 Å². The number of benzene rings is 2. The first-order chi connectivity index (χ1) is 11.6. The molecule has 25 heavy (non-hydrogen) atoms. The number of amides is 2. The van der Waals surface area contributed by atoms with Gasteiger partial charge in [0.15, 0.2) is 0 Å². The van der Waals surface area contributed by atoms with Crippen LogP contribution in [0.1, 0.15) is 41.5 Å². The van der Waals surface area contributed by atoms with Crippen LogP contribution in [-0.4, -0.2) is 22.4 Å². The number of rotatable bonds is 2. The van der Waals surface area contributed by atoms with Crippen molar-refractivity contribution in [2.45, 2.75) is 26.3 Å². The number of hydrogen-bond acceptors (Lipinski definition) is 2. The van der Waals surface area contributed by atoms with Crippen molar-refractivity contribution >= 4 is 46.6 Å². The van der Waals surface area contributed by atoms with Gasteiger partial charge in [-0.3, -0.25) is 15.0 Å². The smallest absolute Gasteiger partial charge is 0.267 e. The van der Waals surface area contributed by atoms with Crippen molar-refractivity contribution in [1.29, 1.82) is 0 Å². The van der Waals surface area contributed by atoms with Gasteiger partial charge in [0.25, 0.3) is 11.8 Å². The van der Waals surface area contributed by atoms with E-state index in [0.29, 0.717) is 15.6 Å². The topological polar surface area (TPSA) is 49.4 Å². The Balaban J connectivity index is 2.33. The van der Waals surface area contributed by atoms with Gasteiger partial charge in [-0.05, 0) is 51.1 Å². The second kappa shape index (κ2) is 7.65. The Morgan fingerprint density at radius 3 is 2.12 bits per heavy atom. The Bertz CT molecular complexity index is 816. The summed E-state index contributed by atoms with van der Waals surface area (Å²) in [6.07, 6.45) is 0. The quantitative estimate of drug-likeness (QED) is 0.703. The Kier molecular flexibility index (Phi) is 5.99. The summed E-state index contributed by atoms with van der Waals surface area (Å²) in [5.74, 6) is -0.889. The van der Waals surface area contributed by atoms with Gasteiger partial charge < -0.3 is 0 Å². The van der Waals surface area contributed by atoms with Crippen molar-refractivity contribution < 1.29 is 9.59 Å². The van der Waals surface area contributed by atoms with Gasteiger partial charge in [-0.15, -0.1) is 0 Å². The third-order valence-electron chi connectivity index (χ3n) is 3.37. The molecule has 0 saturated carbocycles. The average Bonchev–Trinajstić information content (AvgIpc) is 2.53. The van der Waals surface area contributed by atoms with Gasteiger partial charge in [0, 0.05) is 5.56 Å². The molecule has 2 aromatic rings. The average molecular weight is 400 g/mol. The molecule has 2 aromatic carbocycles. The molecule has 0 atom stereocenters. The van der Waals surface area contributed by atoms with Crippen LogP contribution in [-0.2, 0) is 0 Å². The summed E-state index contributed by atoms with van der Waals surface area (Å²) < 4.78 is 0. The highest BCUT2D eigenvalue weighted by Crippen LogP contribution is 2.25. The monoisotopic (exact) mass is 398 g/mol. The van der Waals surface area contributed by atoms with E-state index in [2.05, 4.69) is 5.43 Å². The van der Waals surface area contributed by atoms with E-state index < -0.39 is 17.4 Å². The van der Waals surface area contributed by atoms with E-state index in [1.807, 2.05) is 0 Å². The highest BCUT2D eigenvalue weighted by Gasteiger charge is 2.30. The van der Waals surface area contributed by atoms with Gasteiger partial charge in [-0.25, -0.2) is 5.01 Å². The van der Waals surface area contributed by atoms with Crippen molar-refractivity contribution in [3.8, 4) is 0 Å². The summed E-state index contributed by atoms with van der Waals surface area (Å²) in [7, 11) is 0. The minimum Gasteiger partial charge on any atom is -0.267 e. The molecule has 0 unspecified atom stereocenters. The zero-order valence-corrected chi connectivity index (χ0v) is 16.2. The van der Waals surface area contributed by atoms with E-state index in [-0.39, 0.29) is 10.6 Å². The second-order valence-electron chi connectivity index (χ2n) is 6.36. The van der Waals surface area contributed by atoms with Crippen LogP contribution in [0, 0.1) is 0 Å². The number of carbonyl (C=O) groups excluding carboxylic acids is 2. The van der Waals surface area contributed by atoms with Crippen molar-refractivity contribution in [2.24, 2.45) is 0 Å². The molecule has 0 saturated heterocycles. The largest absolute Gasteiger partial charge is 0.272 e. The fourth-order valence-electron chi connectivity index (χ4n) is 2.09. The Morgan fingerprint density at radius 1 is 0.920 bits per heavy atom. The van der Waals surface area contributed by atoms with Gasteiger partial charge in [0.05, 0.1) is 26.2 Å². The third kappa shape index (κ3) is 4.66. The van der Waals surface area contributed by atoms with Gasteiger partial charge >= 0.3 is 0 Å². The maximum atomic E-state index is 12.9. The Hall–Kier alpha value is -1.75. The van der Waals surface area contributed by atoms with Crippen molar-refractivity contribution in [3.05, 3.63) is 68.7 Å². The minimum atomic E-state index is -0.680. The number of carbonyl (C=O) groups is 2. The molecule has 0 heterocycles. The van der Waals surface area contributed by atoms with Gasteiger partial charge in [0.1, 0.15) is 0 Å². The molecule has 1 N–H and O–H groups in total. The first-order valence-electron chi connectivity index (χ1n) is 7.46. The lowest BCUT2D eigenvalue weighted by Gasteiger charge is -2.35. The lowest BCUT2D eigenvalue weighted by molar-refractivity contribution is 0.0358. The third-order valence-corrected chi connectivity index (χ3v) is 4.44. The van der Waals surface area contributed by atoms with E-state index in [1.165, 1.54) is 17.1 Å². The molecule has 0 aliphatic heterocycles. The molecule has 0 aliphatic rings. The molecule has 7 heteroatoms. The van der Waals surface area contributed by atoms with Crippen LogP contribution in [0.25, 0.3) is 0 Å². The normalized spacial score (nSPS) is 11.1. The van der Waals surface area contributed by atoms with Crippen LogP contribution in [0.4, 0.5) is 0 Å². The van der Waals surface area contributed by atoms with Crippen molar-refractivity contribution in [1.82, 2.24) is 10.4 Å². The van der Waals surface area contributed by atoms with E-state index in [1.54, 1.807) is 51.1 Å². The fourth-order valence-corrected chi connectivity index (χ4v) is 2.61. The van der Waals surface area contributed by atoms with Gasteiger partial charge in [0.2, 0.25) is 0 Å². The first-order valence-corrected chi connectivity index (χ1v) is 8.60. The molecule has 2 rings (SSSR count). The van der Waals surface area contributed by atoms with E-state index >= 15 is 0 Å². The zero-order chi connectivity index (χ0) is 18.8. The molecular weight excluding hydrogens is 383 g/mol. The van der Waals surface area contributed by atoms with E-state index in [4.69, 9.17) is 34.8 Å². The minimum absolute atomic E-state index is 0.263. The number of nitrogens with one attached hydrogen (secondary N) is 1. The number of nitrogens with zero attached hydrogens (tertiary/aromatic N) is 1. The predicted molar refractivity (Wildman–Crippen MR) is 101 cm³/mol. The number of halogens is 3. The lowest BCUT2D eigenvalue weighted by atomic mass is 10.1. The van der Waals surface area contributed by atoms with Gasteiger partial charge in [-0.2, -0.15) is 0 Å². The molecule has 2 amide bonds. The number of hydrazine groups is 1. The highest BCUT2D eigenvalue weighted by atomic mass is 35.5. The molecule has 0 aromatic heterocycles. The van der Waals surface area contributed by atoms with Crippen LogP contribution in [0.15, 0.2) is 42.5 Å². The summed E-state index contributed by atoms with van der Waals surface area (Å²) >= 11 is 17.9. The second-order valence-corrected chi connectivity index (χ2v) is 7.58. The van der Waals surface area contributed by atoms with Crippen LogP contribution in [0.2, 0.25) is 15.1 Å². The molecule has 0 aliphatic carbocycles. The van der Waals surface area contributed by atoms with Crippen LogP contribution in [0.5, 0.6) is 0 Å². The molecular formula is C18H17Cl3N2O2. The summed E-state index contributed by atoms with van der Waals surface area (Å²) in [4.78, 5) is 25.4. The van der Waals surface area contributed by atoms with Crippen LogP contribution < -0.4 is 5.43 Å². The molecule has 0 fully saturated rings. The Morgan fingerprint density at radius 2 is 1.56 bits per heavy atom. The first kappa shape index (κ1) is 19.6. The van der Waals surface area contributed by atoms with E-state index in [0.717, 1.165) is 0 Å². The summed E-state index contributed by atoms with van der Waals surface area (Å²) in [5, 5.41) is 2.16.